The van der Waals surface area contributed by atoms with Gasteiger partial charge in [-0.15, -0.1) is 0 Å². The molecule has 0 spiro atoms. The van der Waals surface area contributed by atoms with E-state index >= 15 is 8.78 Å². The second kappa shape index (κ2) is 9.45. The Bertz CT molecular complexity index is 1730. The summed E-state index contributed by atoms with van der Waals surface area (Å²) in [5, 5.41) is 0. The van der Waals surface area contributed by atoms with Crippen LogP contribution >= 0.6 is 0 Å². The van der Waals surface area contributed by atoms with E-state index < -0.39 is 5.54 Å². The van der Waals surface area contributed by atoms with E-state index in [-0.39, 0.29) is 17.0 Å². The van der Waals surface area contributed by atoms with Crippen LogP contribution in [0.4, 0.5) is 20.2 Å². The van der Waals surface area contributed by atoms with Crippen molar-refractivity contribution >= 4 is 11.4 Å². The summed E-state index contributed by atoms with van der Waals surface area (Å²) in [6.45, 7) is 10.4. The minimum Gasteiger partial charge on any atom is -0.331 e. The van der Waals surface area contributed by atoms with Crippen LogP contribution in [0.5, 0.6) is 0 Å². The van der Waals surface area contributed by atoms with E-state index in [0.717, 1.165) is 16.7 Å². The average Bonchev–Trinajstić information content (AvgIpc) is 3.17. The van der Waals surface area contributed by atoms with Gasteiger partial charge in [0.05, 0.1) is 11.4 Å². The zero-order chi connectivity index (χ0) is 28.2. The van der Waals surface area contributed by atoms with Gasteiger partial charge in [-0.3, -0.25) is 0 Å². The predicted octanol–water partition coefficient (Wildman–Crippen LogP) is 10.5. The normalized spacial score (nSPS) is 13.6. The van der Waals surface area contributed by atoms with Gasteiger partial charge in [0.1, 0.15) is 5.82 Å². The van der Waals surface area contributed by atoms with Crippen molar-refractivity contribution in [3.8, 4) is 33.4 Å². The van der Waals surface area contributed by atoms with Gasteiger partial charge < -0.3 is 4.90 Å². The monoisotopic (exact) mass is 529 g/mol. The standard InChI is InChI=1S/C37H33F2N/c1-36(2,3)40(32-21-12-11-20-31(32)38)33-23-25(22-28(35(33)39)24-14-7-6-8-15-24)26-17-13-19-30-34(26)27-16-9-10-18-29(27)37(30,4)5/h6-23H,1-5H3. The maximum absolute atomic E-state index is 16.7. The van der Waals surface area contributed by atoms with E-state index in [1.807, 2.05) is 63.2 Å². The molecule has 5 aromatic carbocycles. The zero-order valence-corrected chi connectivity index (χ0v) is 23.6. The van der Waals surface area contributed by atoms with Crippen molar-refractivity contribution in [2.75, 3.05) is 4.90 Å². The molecule has 0 N–H and O–H groups in total. The number of halogens is 2. The number of benzene rings is 5. The third kappa shape index (κ3) is 4.12. The largest absolute Gasteiger partial charge is 0.331 e. The summed E-state index contributed by atoms with van der Waals surface area (Å²) >= 11 is 0. The first-order valence-corrected chi connectivity index (χ1v) is 13.8. The highest BCUT2D eigenvalue weighted by atomic mass is 19.1. The topological polar surface area (TPSA) is 3.24 Å². The lowest BCUT2D eigenvalue weighted by molar-refractivity contribution is 0.527. The fourth-order valence-corrected chi connectivity index (χ4v) is 6.24. The smallest absolute Gasteiger partial charge is 0.154 e. The van der Waals surface area contributed by atoms with E-state index in [2.05, 4.69) is 56.3 Å². The SMILES string of the molecule is CC1(C)c2ccccc2-c2c(-c3cc(-c4ccccc4)c(F)c(N(c4ccccc4F)C(C)(C)C)c3)cccc21. The second-order valence-corrected chi connectivity index (χ2v) is 12.1. The molecule has 0 saturated carbocycles. The van der Waals surface area contributed by atoms with Crippen molar-refractivity contribution in [1.82, 2.24) is 0 Å². The van der Waals surface area contributed by atoms with Gasteiger partial charge >= 0.3 is 0 Å². The highest BCUT2D eigenvalue weighted by molar-refractivity contribution is 5.94. The van der Waals surface area contributed by atoms with E-state index in [1.165, 1.54) is 28.3 Å². The van der Waals surface area contributed by atoms with Gasteiger partial charge in [0.2, 0.25) is 0 Å². The molecule has 0 fully saturated rings. The molecule has 0 aromatic heterocycles. The fourth-order valence-electron chi connectivity index (χ4n) is 6.24. The van der Waals surface area contributed by atoms with E-state index in [1.54, 1.807) is 23.1 Å². The second-order valence-electron chi connectivity index (χ2n) is 12.1. The van der Waals surface area contributed by atoms with Crippen molar-refractivity contribution < 1.29 is 8.78 Å². The van der Waals surface area contributed by atoms with Crippen LogP contribution in [0.1, 0.15) is 45.7 Å². The lowest BCUT2D eigenvalue weighted by Gasteiger charge is -2.38. The van der Waals surface area contributed by atoms with Crippen LogP contribution < -0.4 is 4.90 Å². The molecule has 5 aromatic rings. The first kappa shape index (κ1) is 26.0. The van der Waals surface area contributed by atoms with Crippen molar-refractivity contribution in [2.45, 2.75) is 45.6 Å². The molecular weight excluding hydrogens is 496 g/mol. The maximum Gasteiger partial charge on any atom is 0.154 e. The van der Waals surface area contributed by atoms with Crippen LogP contribution in [0, 0.1) is 11.6 Å². The molecular formula is C37H33F2N. The van der Waals surface area contributed by atoms with Gasteiger partial charge in [-0.2, -0.15) is 0 Å². The zero-order valence-electron chi connectivity index (χ0n) is 23.6. The van der Waals surface area contributed by atoms with Crippen LogP contribution in [0.2, 0.25) is 0 Å². The third-order valence-electron chi connectivity index (χ3n) is 8.06. The summed E-state index contributed by atoms with van der Waals surface area (Å²) in [5.74, 6) is -0.763. The van der Waals surface area contributed by atoms with E-state index in [0.29, 0.717) is 16.9 Å². The molecule has 1 aliphatic rings. The molecule has 0 aliphatic heterocycles. The first-order valence-electron chi connectivity index (χ1n) is 13.8. The van der Waals surface area contributed by atoms with Crippen molar-refractivity contribution in [1.29, 1.82) is 0 Å². The van der Waals surface area contributed by atoms with Crippen LogP contribution in [0.15, 0.2) is 109 Å². The number of hydrogen-bond donors (Lipinski definition) is 0. The van der Waals surface area contributed by atoms with Gasteiger partial charge in [0.15, 0.2) is 5.82 Å². The molecule has 200 valence electrons. The quantitative estimate of drug-likeness (QED) is 0.224. The fraction of sp³-hybridized carbons (Fsp3) is 0.189. The molecule has 0 radical (unpaired) electrons. The minimum absolute atomic E-state index is 0.155. The van der Waals surface area contributed by atoms with Gasteiger partial charge in [0.25, 0.3) is 0 Å². The highest BCUT2D eigenvalue weighted by Gasteiger charge is 2.37. The number of para-hydroxylation sites is 1. The Labute approximate surface area is 235 Å². The molecule has 6 rings (SSSR count). The van der Waals surface area contributed by atoms with Crippen LogP contribution in [0.25, 0.3) is 33.4 Å². The molecule has 0 unspecified atom stereocenters. The molecule has 0 heterocycles. The number of hydrogen-bond acceptors (Lipinski definition) is 1. The Morgan fingerprint density at radius 2 is 1.20 bits per heavy atom. The Morgan fingerprint density at radius 1 is 0.575 bits per heavy atom. The summed E-state index contributed by atoms with van der Waals surface area (Å²) in [6, 6.07) is 35.0. The number of rotatable bonds is 4. The van der Waals surface area contributed by atoms with Gasteiger partial charge in [-0.1, -0.05) is 98.8 Å². The molecule has 1 aliphatic carbocycles. The number of anilines is 2. The van der Waals surface area contributed by atoms with E-state index in [4.69, 9.17) is 0 Å². The number of fused-ring (bicyclic) bond motifs is 3. The Balaban J connectivity index is 1.68. The molecule has 1 nitrogen and oxygen atoms in total. The third-order valence-corrected chi connectivity index (χ3v) is 8.06. The van der Waals surface area contributed by atoms with Crippen LogP contribution in [-0.2, 0) is 5.41 Å². The van der Waals surface area contributed by atoms with Crippen molar-refractivity contribution in [3.63, 3.8) is 0 Å². The molecule has 0 amide bonds. The molecule has 0 saturated heterocycles. The first-order chi connectivity index (χ1) is 19.1. The predicted molar refractivity (Wildman–Crippen MR) is 163 cm³/mol. The van der Waals surface area contributed by atoms with E-state index in [9.17, 15) is 0 Å². The maximum atomic E-state index is 16.7. The Hall–Kier alpha value is -4.24. The van der Waals surface area contributed by atoms with Gasteiger partial charge in [0, 0.05) is 16.5 Å². The number of nitrogens with zero attached hydrogens (tertiary/aromatic N) is 1. The summed E-state index contributed by atoms with van der Waals surface area (Å²) < 4.78 is 32.0. The average molecular weight is 530 g/mol. The molecule has 3 heteroatoms. The lowest BCUT2D eigenvalue weighted by Crippen LogP contribution is -2.38. The van der Waals surface area contributed by atoms with Crippen LogP contribution in [0.3, 0.4) is 0 Å². The molecule has 40 heavy (non-hydrogen) atoms. The highest BCUT2D eigenvalue weighted by Crippen LogP contribution is 2.53. The van der Waals surface area contributed by atoms with Gasteiger partial charge in [-0.25, -0.2) is 8.78 Å². The van der Waals surface area contributed by atoms with Crippen LogP contribution in [-0.4, -0.2) is 5.54 Å². The Morgan fingerprint density at radius 3 is 1.93 bits per heavy atom. The summed E-state index contributed by atoms with van der Waals surface area (Å²) in [4.78, 5) is 1.79. The molecule has 0 bridgehead atoms. The molecule has 0 atom stereocenters. The lowest BCUT2D eigenvalue weighted by atomic mass is 9.82. The summed E-state index contributed by atoms with van der Waals surface area (Å²) in [7, 11) is 0. The minimum atomic E-state index is -0.608. The van der Waals surface area contributed by atoms with Crippen molar-refractivity contribution in [3.05, 3.63) is 132 Å². The van der Waals surface area contributed by atoms with Crippen molar-refractivity contribution in [2.24, 2.45) is 0 Å². The van der Waals surface area contributed by atoms with Gasteiger partial charge in [-0.05, 0) is 84.0 Å². The summed E-state index contributed by atoms with van der Waals surface area (Å²) in [6.07, 6.45) is 0. The summed E-state index contributed by atoms with van der Waals surface area (Å²) in [5.41, 5.74) is 8.03. The Kier molecular flexibility index (Phi) is 6.14.